The Balaban J connectivity index is 2.02. The Bertz CT molecular complexity index is 1020. The maximum atomic E-state index is 11.9. The second kappa shape index (κ2) is 9.26. The van der Waals surface area contributed by atoms with Crippen LogP contribution < -0.4 is 5.32 Å². The largest absolute Gasteiger partial charge is 0.458 e. The second-order valence-electron chi connectivity index (χ2n) is 7.16. The number of carbonyl (C=O) groups is 1. The van der Waals surface area contributed by atoms with E-state index in [0.717, 1.165) is 32.2 Å². The Hall–Kier alpha value is -2.92. The first-order valence-corrected chi connectivity index (χ1v) is 11.3. The third-order valence-electron chi connectivity index (χ3n) is 5.12. The van der Waals surface area contributed by atoms with Crippen molar-refractivity contribution in [3.63, 3.8) is 0 Å². The number of benzene rings is 1. The Morgan fingerprint density at radius 1 is 1.27 bits per heavy atom. The van der Waals surface area contributed by atoms with Gasteiger partial charge in [0.05, 0.1) is 9.82 Å². The number of carbonyl (C=O) groups excluding carboxylic acids is 1. The van der Waals surface area contributed by atoms with E-state index in [9.17, 15) is 23.3 Å². The first-order chi connectivity index (χ1) is 14.3. The average molecular weight is 434 g/mol. The van der Waals surface area contributed by atoms with Gasteiger partial charge >= 0.3 is 5.69 Å². The lowest BCUT2D eigenvalue weighted by molar-refractivity contribution is -0.386. The summed E-state index contributed by atoms with van der Waals surface area (Å²) >= 11 is 0. The van der Waals surface area contributed by atoms with Crippen LogP contribution in [-0.4, -0.2) is 49.1 Å². The molecule has 2 aromatic rings. The summed E-state index contributed by atoms with van der Waals surface area (Å²) in [5.74, 6) is 0.239. The average Bonchev–Trinajstić information content (AvgIpc) is 2.73. The van der Waals surface area contributed by atoms with Crippen molar-refractivity contribution in [2.45, 2.75) is 30.3 Å². The highest BCUT2D eigenvalue weighted by molar-refractivity contribution is 7.90. The van der Waals surface area contributed by atoms with E-state index in [1.165, 1.54) is 30.6 Å². The Morgan fingerprint density at radius 2 is 1.93 bits per heavy atom. The molecule has 1 aliphatic heterocycles. The summed E-state index contributed by atoms with van der Waals surface area (Å²) in [5, 5.41) is 15.2. The van der Waals surface area contributed by atoms with Crippen molar-refractivity contribution in [3.8, 4) is 11.3 Å². The SMILES string of the molecule is CS(=O)(=O)c1ccc(-c2ncnc(C(CC3CCNCC3)OC=O)c2[N+](=O)[O-])cc1. The van der Waals surface area contributed by atoms with Crippen LogP contribution >= 0.6 is 0 Å². The van der Waals surface area contributed by atoms with Gasteiger partial charge in [0.2, 0.25) is 0 Å². The Morgan fingerprint density at radius 3 is 2.50 bits per heavy atom. The third-order valence-corrected chi connectivity index (χ3v) is 6.25. The molecular weight excluding hydrogens is 412 g/mol. The first-order valence-electron chi connectivity index (χ1n) is 9.41. The molecule has 1 unspecified atom stereocenters. The molecule has 1 saturated heterocycles. The topological polar surface area (TPSA) is 141 Å². The van der Waals surface area contributed by atoms with Gasteiger partial charge in [-0.05, 0) is 50.4 Å². The molecular formula is C19H22N4O6S. The monoisotopic (exact) mass is 434 g/mol. The molecule has 0 aliphatic carbocycles. The zero-order valence-corrected chi connectivity index (χ0v) is 17.2. The van der Waals surface area contributed by atoms with Crippen LogP contribution in [0, 0.1) is 16.0 Å². The quantitative estimate of drug-likeness (QED) is 0.375. The maximum Gasteiger partial charge on any atom is 0.320 e. The second-order valence-corrected chi connectivity index (χ2v) is 9.18. The minimum Gasteiger partial charge on any atom is -0.458 e. The van der Waals surface area contributed by atoms with Gasteiger partial charge in [0.15, 0.2) is 27.3 Å². The van der Waals surface area contributed by atoms with Gasteiger partial charge in [-0.2, -0.15) is 0 Å². The predicted octanol–water partition coefficient (Wildman–Crippen LogP) is 2.06. The summed E-state index contributed by atoms with van der Waals surface area (Å²) in [7, 11) is -3.40. The molecule has 0 radical (unpaired) electrons. The van der Waals surface area contributed by atoms with Crippen LogP contribution in [0.25, 0.3) is 11.3 Å². The molecule has 11 heteroatoms. The van der Waals surface area contributed by atoms with Gasteiger partial charge in [-0.15, -0.1) is 0 Å². The zero-order chi connectivity index (χ0) is 21.7. The normalized spacial score (nSPS) is 16.0. The van der Waals surface area contributed by atoms with E-state index in [0.29, 0.717) is 12.0 Å². The molecule has 10 nitrogen and oxygen atoms in total. The summed E-state index contributed by atoms with van der Waals surface area (Å²) in [5.41, 5.74) is 0.0764. The van der Waals surface area contributed by atoms with E-state index in [-0.39, 0.29) is 34.4 Å². The van der Waals surface area contributed by atoms with Gasteiger partial charge in [0.1, 0.15) is 6.33 Å². The molecule has 1 N–H and O–H groups in total. The summed E-state index contributed by atoms with van der Waals surface area (Å²) in [4.78, 5) is 30.6. The number of nitro groups is 1. The van der Waals surface area contributed by atoms with Crippen molar-refractivity contribution in [2.75, 3.05) is 19.3 Å². The van der Waals surface area contributed by atoms with E-state index in [2.05, 4.69) is 15.3 Å². The van der Waals surface area contributed by atoms with Crippen LogP contribution in [0.4, 0.5) is 5.69 Å². The number of sulfone groups is 1. The van der Waals surface area contributed by atoms with Crippen LogP contribution in [0.2, 0.25) is 0 Å². The number of aromatic nitrogens is 2. The Kier molecular flexibility index (Phi) is 6.73. The van der Waals surface area contributed by atoms with Crippen LogP contribution in [0.3, 0.4) is 0 Å². The number of rotatable bonds is 8. The Labute approximate surface area is 173 Å². The van der Waals surface area contributed by atoms with Crippen molar-refractivity contribution in [1.82, 2.24) is 15.3 Å². The fourth-order valence-electron chi connectivity index (χ4n) is 3.60. The van der Waals surface area contributed by atoms with Crippen molar-refractivity contribution < 1.29 is 22.9 Å². The molecule has 1 aromatic heterocycles. The molecule has 0 saturated carbocycles. The minimum absolute atomic E-state index is 0.0304. The van der Waals surface area contributed by atoms with Crippen LogP contribution in [0.15, 0.2) is 35.5 Å². The number of nitrogens with zero attached hydrogens (tertiary/aromatic N) is 3. The highest BCUT2D eigenvalue weighted by Crippen LogP contribution is 2.37. The third kappa shape index (κ3) is 4.97. The number of hydrogen-bond acceptors (Lipinski definition) is 9. The van der Waals surface area contributed by atoms with E-state index < -0.39 is 20.9 Å². The molecule has 2 heterocycles. The van der Waals surface area contributed by atoms with Crippen LogP contribution in [0.5, 0.6) is 0 Å². The molecule has 0 bridgehead atoms. The molecule has 160 valence electrons. The minimum atomic E-state index is -3.40. The standard InChI is InChI=1S/C19H22N4O6S/c1-30(27,28)15-4-2-14(3-5-15)17-19(23(25)26)18(22-11-21-17)16(29-12-24)10-13-6-8-20-9-7-13/h2-5,11-13,16,20H,6-10H2,1H3. The lowest BCUT2D eigenvalue weighted by atomic mass is 9.90. The molecule has 30 heavy (non-hydrogen) atoms. The van der Waals surface area contributed by atoms with Gasteiger partial charge in [-0.3, -0.25) is 14.9 Å². The fourth-order valence-corrected chi connectivity index (χ4v) is 4.23. The van der Waals surface area contributed by atoms with E-state index in [1.54, 1.807) is 0 Å². The summed E-state index contributed by atoms with van der Waals surface area (Å²) in [6.07, 6.45) is 3.56. The van der Waals surface area contributed by atoms with Crippen LogP contribution in [-0.2, 0) is 19.4 Å². The number of nitrogens with one attached hydrogen (secondary N) is 1. The summed E-state index contributed by atoms with van der Waals surface area (Å²) in [6.45, 7) is 1.95. The molecule has 1 aromatic carbocycles. The van der Waals surface area contributed by atoms with Gasteiger partial charge in [-0.25, -0.2) is 18.4 Å². The smallest absolute Gasteiger partial charge is 0.320 e. The van der Waals surface area contributed by atoms with Crippen LogP contribution in [0.1, 0.15) is 31.1 Å². The predicted molar refractivity (Wildman–Crippen MR) is 107 cm³/mol. The summed E-state index contributed by atoms with van der Waals surface area (Å²) < 4.78 is 28.5. The number of hydrogen-bond donors (Lipinski definition) is 1. The first kappa shape index (κ1) is 21.8. The van der Waals surface area contributed by atoms with Gasteiger partial charge in [0.25, 0.3) is 6.47 Å². The molecule has 3 rings (SSSR count). The van der Waals surface area contributed by atoms with E-state index in [4.69, 9.17) is 4.74 Å². The van der Waals surface area contributed by atoms with E-state index in [1.807, 2.05) is 0 Å². The van der Waals surface area contributed by atoms with Gasteiger partial charge in [-0.1, -0.05) is 12.1 Å². The lowest BCUT2D eigenvalue weighted by Gasteiger charge is -2.25. The number of piperidine rings is 1. The summed E-state index contributed by atoms with van der Waals surface area (Å²) in [6, 6.07) is 5.64. The molecule has 0 amide bonds. The fraction of sp³-hybridized carbons (Fsp3) is 0.421. The molecule has 1 aliphatic rings. The van der Waals surface area contributed by atoms with Crippen molar-refractivity contribution in [1.29, 1.82) is 0 Å². The van der Waals surface area contributed by atoms with Crippen molar-refractivity contribution >= 4 is 22.0 Å². The zero-order valence-electron chi connectivity index (χ0n) is 16.4. The lowest BCUT2D eigenvalue weighted by Crippen LogP contribution is -2.29. The van der Waals surface area contributed by atoms with Gasteiger partial charge in [0, 0.05) is 11.8 Å². The maximum absolute atomic E-state index is 11.9. The van der Waals surface area contributed by atoms with Crippen molar-refractivity contribution in [2.24, 2.45) is 5.92 Å². The van der Waals surface area contributed by atoms with Crippen molar-refractivity contribution in [3.05, 3.63) is 46.4 Å². The molecule has 0 spiro atoms. The molecule has 1 atom stereocenters. The molecule has 1 fully saturated rings. The van der Waals surface area contributed by atoms with Gasteiger partial charge < -0.3 is 10.1 Å². The highest BCUT2D eigenvalue weighted by atomic mass is 32.2. The highest BCUT2D eigenvalue weighted by Gasteiger charge is 2.32. The number of ether oxygens (including phenoxy) is 1. The van der Waals surface area contributed by atoms with E-state index >= 15 is 0 Å².